The molecule has 0 atom stereocenters. The van der Waals surface area contributed by atoms with Crippen LogP contribution in [0.5, 0.6) is 11.5 Å². The molecule has 174 valence electrons. The molecule has 0 saturated carbocycles. The van der Waals surface area contributed by atoms with E-state index in [2.05, 4.69) is 26.6 Å². The Morgan fingerprint density at radius 3 is 2.42 bits per heavy atom. The molecule has 2 N–H and O–H groups in total. The maximum atomic E-state index is 13.3. The van der Waals surface area contributed by atoms with Crippen LogP contribution in [0.2, 0.25) is 5.02 Å². The predicted molar refractivity (Wildman–Crippen MR) is 134 cm³/mol. The molecule has 0 bridgehead atoms. The van der Waals surface area contributed by atoms with Gasteiger partial charge in [-0.1, -0.05) is 31.5 Å². The zero-order valence-electron chi connectivity index (χ0n) is 18.5. The van der Waals surface area contributed by atoms with E-state index in [1.165, 1.54) is 12.1 Å². The maximum Gasteiger partial charge on any atom is 0.226 e. The molecule has 5 nitrogen and oxygen atoms in total. The third-order valence-corrected chi connectivity index (χ3v) is 5.79. The summed E-state index contributed by atoms with van der Waals surface area (Å²) in [5.74, 6) is 0.611. The van der Waals surface area contributed by atoms with E-state index in [-0.39, 0.29) is 18.4 Å². The lowest BCUT2D eigenvalue weighted by molar-refractivity contribution is -0.118. The Kier molecular flexibility index (Phi) is 8.58. The van der Waals surface area contributed by atoms with Gasteiger partial charge >= 0.3 is 0 Å². The number of carbonyl (C=O) groups is 1. The third kappa shape index (κ3) is 6.85. The van der Waals surface area contributed by atoms with E-state index in [9.17, 15) is 9.18 Å². The largest absolute Gasteiger partial charge is 0.493 e. The number of hydrogen-bond acceptors (Lipinski definition) is 4. The lowest BCUT2D eigenvalue weighted by Crippen LogP contribution is -2.17. The fourth-order valence-electron chi connectivity index (χ4n) is 2.97. The SMILES string of the molecule is COc1cc(CNc2ccc(NC(=O)C(C)C)cc2)cc(Br)c1OCc1ccc(F)cc1Cl. The molecule has 0 aliphatic rings. The number of halogens is 3. The van der Waals surface area contributed by atoms with Gasteiger partial charge in [0, 0.05) is 29.4 Å². The van der Waals surface area contributed by atoms with Crippen molar-refractivity contribution in [2.75, 3.05) is 17.7 Å². The highest BCUT2D eigenvalue weighted by atomic mass is 79.9. The molecule has 8 heteroatoms. The fourth-order valence-corrected chi connectivity index (χ4v) is 3.79. The van der Waals surface area contributed by atoms with E-state index in [0.29, 0.717) is 28.6 Å². The van der Waals surface area contributed by atoms with Crippen molar-refractivity contribution in [2.24, 2.45) is 5.92 Å². The van der Waals surface area contributed by atoms with Crippen molar-refractivity contribution < 1.29 is 18.7 Å². The van der Waals surface area contributed by atoms with E-state index >= 15 is 0 Å². The maximum absolute atomic E-state index is 13.3. The summed E-state index contributed by atoms with van der Waals surface area (Å²) in [4.78, 5) is 11.8. The van der Waals surface area contributed by atoms with Gasteiger partial charge in [-0.2, -0.15) is 0 Å². The van der Waals surface area contributed by atoms with Gasteiger partial charge in [0.2, 0.25) is 5.91 Å². The summed E-state index contributed by atoms with van der Waals surface area (Å²) in [5.41, 5.74) is 3.32. The summed E-state index contributed by atoms with van der Waals surface area (Å²) in [6.45, 7) is 4.43. The number of ether oxygens (including phenoxy) is 2. The Morgan fingerprint density at radius 2 is 1.79 bits per heavy atom. The van der Waals surface area contributed by atoms with Crippen LogP contribution in [0.3, 0.4) is 0 Å². The quantitative estimate of drug-likeness (QED) is 0.309. The van der Waals surface area contributed by atoms with Crippen LogP contribution < -0.4 is 20.1 Å². The highest BCUT2D eigenvalue weighted by Crippen LogP contribution is 2.37. The second kappa shape index (κ2) is 11.4. The first kappa shape index (κ1) is 24.9. The minimum absolute atomic E-state index is 0.0170. The van der Waals surface area contributed by atoms with Gasteiger partial charge in [0.25, 0.3) is 0 Å². The molecular formula is C25H25BrClFN2O3. The number of nitrogens with one attached hydrogen (secondary N) is 2. The van der Waals surface area contributed by atoms with Gasteiger partial charge in [0.1, 0.15) is 12.4 Å². The van der Waals surface area contributed by atoms with Gasteiger partial charge in [-0.3, -0.25) is 4.79 Å². The summed E-state index contributed by atoms with van der Waals surface area (Å²) < 4.78 is 25.4. The number of benzene rings is 3. The van der Waals surface area contributed by atoms with Crippen LogP contribution in [0.25, 0.3) is 0 Å². The average molecular weight is 536 g/mol. The number of carbonyl (C=O) groups excluding carboxylic acids is 1. The highest BCUT2D eigenvalue weighted by Gasteiger charge is 2.13. The number of methoxy groups -OCH3 is 1. The van der Waals surface area contributed by atoms with E-state index in [1.54, 1.807) is 13.2 Å². The Bertz CT molecular complexity index is 1120. The van der Waals surface area contributed by atoms with Gasteiger partial charge in [0.15, 0.2) is 11.5 Å². The van der Waals surface area contributed by atoms with Crippen LogP contribution in [0.4, 0.5) is 15.8 Å². The van der Waals surface area contributed by atoms with Crippen molar-refractivity contribution >= 4 is 44.8 Å². The summed E-state index contributed by atoms with van der Waals surface area (Å²) >= 11 is 9.64. The number of hydrogen-bond donors (Lipinski definition) is 2. The van der Waals surface area contributed by atoms with Gasteiger partial charge in [-0.15, -0.1) is 0 Å². The van der Waals surface area contributed by atoms with Crippen LogP contribution in [0.1, 0.15) is 25.0 Å². The van der Waals surface area contributed by atoms with Crippen molar-refractivity contribution in [3.63, 3.8) is 0 Å². The van der Waals surface area contributed by atoms with Gasteiger partial charge < -0.3 is 20.1 Å². The van der Waals surface area contributed by atoms with E-state index in [4.69, 9.17) is 21.1 Å². The molecule has 0 aliphatic carbocycles. The van der Waals surface area contributed by atoms with Crippen molar-refractivity contribution in [1.82, 2.24) is 0 Å². The third-order valence-electron chi connectivity index (χ3n) is 4.85. The molecule has 0 aliphatic heterocycles. The lowest BCUT2D eigenvalue weighted by Gasteiger charge is -2.16. The molecule has 0 spiro atoms. The molecule has 0 saturated heterocycles. The zero-order valence-corrected chi connectivity index (χ0v) is 20.9. The van der Waals surface area contributed by atoms with E-state index in [1.807, 2.05) is 50.2 Å². The fraction of sp³-hybridized carbons (Fsp3) is 0.240. The zero-order chi connectivity index (χ0) is 24.0. The van der Waals surface area contributed by atoms with Gasteiger partial charge in [-0.25, -0.2) is 4.39 Å². The Morgan fingerprint density at radius 1 is 1.09 bits per heavy atom. The average Bonchev–Trinajstić information content (AvgIpc) is 2.78. The number of anilines is 2. The minimum Gasteiger partial charge on any atom is -0.493 e. The van der Waals surface area contributed by atoms with Crippen molar-refractivity contribution in [1.29, 1.82) is 0 Å². The van der Waals surface area contributed by atoms with E-state index < -0.39 is 5.82 Å². The standard InChI is InChI=1S/C25H25BrClFN2O3/c1-15(2)25(31)30-20-8-6-19(7-9-20)29-13-16-10-21(26)24(23(11-16)32-3)33-14-17-4-5-18(28)12-22(17)27/h4-12,15,29H,13-14H2,1-3H3,(H,30,31). The molecule has 3 aromatic carbocycles. The van der Waals surface area contributed by atoms with Crippen LogP contribution in [-0.4, -0.2) is 13.0 Å². The molecule has 0 aromatic heterocycles. The monoisotopic (exact) mass is 534 g/mol. The Labute approximate surface area is 206 Å². The van der Waals surface area contributed by atoms with Crippen molar-refractivity contribution in [3.8, 4) is 11.5 Å². The smallest absolute Gasteiger partial charge is 0.226 e. The molecule has 0 heterocycles. The molecule has 0 unspecified atom stereocenters. The van der Waals surface area contributed by atoms with Crippen LogP contribution in [0.15, 0.2) is 59.1 Å². The lowest BCUT2D eigenvalue weighted by atomic mass is 10.1. The number of rotatable bonds is 9. The van der Waals surface area contributed by atoms with Crippen LogP contribution in [-0.2, 0) is 17.9 Å². The molecule has 3 aromatic rings. The normalized spacial score (nSPS) is 10.8. The first-order valence-electron chi connectivity index (χ1n) is 10.3. The second-order valence-corrected chi connectivity index (χ2v) is 8.97. The molecule has 3 rings (SSSR count). The highest BCUT2D eigenvalue weighted by molar-refractivity contribution is 9.10. The molecule has 0 fully saturated rings. The molecule has 0 radical (unpaired) electrons. The summed E-state index contributed by atoms with van der Waals surface area (Å²) in [7, 11) is 1.57. The number of amides is 1. The molecule has 33 heavy (non-hydrogen) atoms. The molecular weight excluding hydrogens is 511 g/mol. The van der Waals surface area contributed by atoms with Gasteiger partial charge in [0.05, 0.1) is 16.6 Å². The van der Waals surface area contributed by atoms with Gasteiger partial charge in [-0.05, 0) is 70.0 Å². The Hall–Kier alpha value is -2.77. The van der Waals surface area contributed by atoms with Crippen molar-refractivity contribution in [2.45, 2.75) is 27.0 Å². The van der Waals surface area contributed by atoms with Crippen molar-refractivity contribution in [3.05, 3.63) is 81.0 Å². The predicted octanol–water partition coefficient (Wildman–Crippen LogP) is 7.04. The second-order valence-electron chi connectivity index (χ2n) is 7.71. The first-order chi connectivity index (χ1) is 15.8. The minimum atomic E-state index is -0.394. The first-order valence-corrected chi connectivity index (χ1v) is 11.5. The summed E-state index contributed by atoms with van der Waals surface area (Å²) in [5, 5.41) is 6.53. The Balaban J connectivity index is 1.65. The van der Waals surface area contributed by atoms with E-state index in [0.717, 1.165) is 21.4 Å². The summed E-state index contributed by atoms with van der Waals surface area (Å²) in [6.07, 6.45) is 0. The van der Waals surface area contributed by atoms with Crippen LogP contribution in [0, 0.1) is 11.7 Å². The topological polar surface area (TPSA) is 59.6 Å². The summed E-state index contributed by atoms with van der Waals surface area (Å²) in [6, 6.07) is 15.6. The molecule has 1 amide bonds. The van der Waals surface area contributed by atoms with Crippen LogP contribution >= 0.6 is 27.5 Å².